The molecule has 2 N–H and O–H groups in total. The molecule has 32 heavy (non-hydrogen) atoms. The van der Waals surface area contributed by atoms with E-state index < -0.39 is 0 Å². The molecule has 0 radical (unpaired) electrons. The molecule has 4 rings (SSSR count). The first-order valence-corrected chi connectivity index (χ1v) is 11.3. The number of nitrogens with one attached hydrogen (secondary N) is 2. The standard InChI is InChI=1S/C25H30N4O3/c1-29-22-13-12-19(27-24(30)17-32-20-10-6-3-7-11-20)16-21(22)28-23(29)14-15-26-25(31)18-8-4-2-5-9-18/h3,6-7,10-13,16,18H,2,4-5,8-9,14-15,17H2,1H3,(H,26,31)(H,27,30). The van der Waals surface area contributed by atoms with Crippen molar-refractivity contribution in [2.45, 2.75) is 38.5 Å². The molecule has 0 saturated heterocycles. The lowest BCUT2D eigenvalue weighted by Gasteiger charge is -2.20. The van der Waals surface area contributed by atoms with Gasteiger partial charge in [-0.25, -0.2) is 4.98 Å². The summed E-state index contributed by atoms with van der Waals surface area (Å²) in [5.41, 5.74) is 2.47. The lowest BCUT2D eigenvalue weighted by atomic mass is 9.89. The number of fused-ring (bicyclic) bond motifs is 1. The van der Waals surface area contributed by atoms with E-state index in [2.05, 4.69) is 10.6 Å². The van der Waals surface area contributed by atoms with E-state index >= 15 is 0 Å². The summed E-state index contributed by atoms with van der Waals surface area (Å²) in [6.07, 6.45) is 6.22. The number of anilines is 1. The number of imidazole rings is 1. The number of aryl methyl sites for hydroxylation is 1. The van der Waals surface area contributed by atoms with Gasteiger partial charge in [-0.1, -0.05) is 37.5 Å². The van der Waals surface area contributed by atoms with Crippen LogP contribution in [-0.4, -0.2) is 34.5 Å². The number of para-hydroxylation sites is 1. The summed E-state index contributed by atoms with van der Waals surface area (Å²) >= 11 is 0. The summed E-state index contributed by atoms with van der Waals surface area (Å²) in [4.78, 5) is 29.3. The first kappa shape index (κ1) is 21.9. The van der Waals surface area contributed by atoms with Gasteiger partial charge < -0.3 is 19.9 Å². The molecule has 0 bridgehead atoms. The highest BCUT2D eigenvalue weighted by atomic mass is 16.5. The third-order valence-electron chi connectivity index (χ3n) is 5.99. The number of carbonyl (C=O) groups excluding carboxylic acids is 2. The van der Waals surface area contributed by atoms with Gasteiger partial charge in [-0.15, -0.1) is 0 Å². The van der Waals surface area contributed by atoms with Gasteiger partial charge in [0.1, 0.15) is 11.6 Å². The summed E-state index contributed by atoms with van der Waals surface area (Å²) in [6.45, 7) is 0.517. The molecule has 1 aliphatic carbocycles. The van der Waals surface area contributed by atoms with Gasteiger partial charge in [0.25, 0.3) is 5.91 Å². The van der Waals surface area contributed by atoms with Crippen LogP contribution in [0.3, 0.4) is 0 Å². The maximum Gasteiger partial charge on any atom is 0.262 e. The zero-order valence-corrected chi connectivity index (χ0v) is 18.5. The number of aromatic nitrogens is 2. The molecule has 0 atom stereocenters. The monoisotopic (exact) mass is 434 g/mol. The van der Waals surface area contributed by atoms with Crippen LogP contribution in [0, 0.1) is 5.92 Å². The number of nitrogens with zero attached hydrogens (tertiary/aromatic N) is 2. The van der Waals surface area contributed by atoms with Gasteiger partial charge in [-0.05, 0) is 43.2 Å². The van der Waals surface area contributed by atoms with Crippen LogP contribution in [0.25, 0.3) is 11.0 Å². The number of ether oxygens (including phenoxy) is 1. The van der Waals surface area contributed by atoms with Crippen molar-refractivity contribution in [1.82, 2.24) is 14.9 Å². The molecule has 7 heteroatoms. The van der Waals surface area contributed by atoms with Gasteiger partial charge in [-0.2, -0.15) is 0 Å². The predicted molar refractivity (Wildman–Crippen MR) is 125 cm³/mol. The first-order chi connectivity index (χ1) is 15.6. The summed E-state index contributed by atoms with van der Waals surface area (Å²) in [6, 6.07) is 14.9. The van der Waals surface area contributed by atoms with Gasteiger partial charge in [0.2, 0.25) is 5.91 Å². The molecule has 2 aromatic carbocycles. The topological polar surface area (TPSA) is 85.3 Å². The highest BCUT2D eigenvalue weighted by Gasteiger charge is 2.20. The fourth-order valence-electron chi connectivity index (χ4n) is 4.22. The third-order valence-corrected chi connectivity index (χ3v) is 5.99. The van der Waals surface area contributed by atoms with Crippen molar-refractivity contribution in [2.75, 3.05) is 18.5 Å². The van der Waals surface area contributed by atoms with Gasteiger partial charge in [0.15, 0.2) is 6.61 Å². The van der Waals surface area contributed by atoms with Crippen LogP contribution in [0.5, 0.6) is 5.75 Å². The van der Waals surface area contributed by atoms with Gasteiger partial charge in [0.05, 0.1) is 11.0 Å². The van der Waals surface area contributed by atoms with E-state index in [1.807, 2.05) is 60.1 Å². The van der Waals surface area contributed by atoms with Gasteiger partial charge >= 0.3 is 0 Å². The minimum absolute atomic E-state index is 0.0593. The van der Waals surface area contributed by atoms with Crippen molar-refractivity contribution in [3.63, 3.8) is 0 Å². The molecule has 1 aliphatic rings. The molecule has 0 unspecified atom stereocenters. The van der Waals surface area contributed by atoms with Crippen molar-refractivity contribution in [3.05, 3.63) is 54.4 Å². The molecule has 0 aliphatic heterocycles. The van der Waals surface area contributed by atoms with Crippen LogP contribution in [0.15, 0.2) is 48.5 Å². The van der Waals surface area contributed by atoms with E-state index in [4.69, 9.17) is 9.72 Å². The van der Waals surface area contributed by atoms with Crippen LogP contribution in [-0.2, 0) is 23.1 Å². The van der Waals surface area contributed by atoms with E-state index in [1.165, 1.54) is 6.42 Å². The number of hydrogen-bond acceptors (Lipinski definition) is 4. The van der Waals surface area contributed by atoms with E-state index in [0.717, 1.165) is 42.5 Å². The average Bonchev–Trinajstić information content (AvgIpc) is 3.13. The minimum Gasteiger partial charge on any atom is -0.484 e. The quantitative estimate of drug-likeness (QED) is 0.564. The normalized spacial score (nSPS) is 14.3. The van der Waals surface area contributed by atoms with Crippen molar-refractivity contribution in [3.8, 4) is 5.75 Å². The van der Waals surface area contributed by atoms with E-state index in [0.29, 0.717) is 24.4 Å². The fraction of sp³-hybridized carbons (Fsp3) is 0.400. The number of benzene rings is 2. The van der Waals surface area contributed by atoms with Crippen molar-refractivity contribution in [2.24, 2.45) is 13.0 Å². The fourth-order valence-corrected chi connectivity index (χ4v) is 4.22. The third kappa shape index (κ3) is 5.46. The Kier molecular flexibility index (Phi) is 7.04. The van der Waals surface area contributed by atoms with E-state index in [1.54, 1.807) is 0 Å². The second-order valence-corrected chi connectivity index (χ2v) is 8.32. The maximum atomic E-state index is 12.3. The van der Waals surface area contributed by atoms with Gasteiger partial charge in [-0.3, -0.25) is 9.59 Å². The summed E-state index contributed by atoms with van der Waals surface area (Å²) in [5, 5.41) is 5.93. The minimum atomic E-state index is -0.227. The molecular weight excluding hydrogens is 404 g/mol. The number of hydrogen-bond donors (Lipinski definition) is 2. The Hall–Kier alpha value is -3.35. The first-order valence-electron chi connectivity index (χ1n) is 11.3. The zero-order chi connectivity index (χ0) is 22.3. The highest BCUT2D eigenvalue weighted by Crippen LogP contribution is 2.24. The summed E-state index contributed by atoms with van der Waals surface area (Å²) in [5.74, 6) is 1.67. The van der Waals surface area contributed by atoms with Crippen molar-refractivity contribution in [1.29, 1.82) is 0 Å². The van der Waals surface area contributed by atoms with Crippen LogP contribution >= 0.6 is 0 Å². The molecule has 1 saturated carbocycles. The van der Waals surface area contributed by atoms with Crippen molar-refractivity contribution < 1.29 is 14.3 Å². The molecule has 0 spiro atoms. The number of carbonyl (C=O) groups is 2. The molecule has 7 nitrogen and oxygen atoms in total. The smallest absolute Gasteiger partial charge is 0.262 e. The molecule has 3 aromatic rings. The second-order valence-electron chi connectivity index (χ2n) is 8.32. The largest absolute Gasteiger partial charge is 0.484 e. The highest BCUT2D eigenvalue weighted by molar-refractivity contribution is 5.94. The summed E-state index contributed by atoms with van der Waals surface area (Å²) in [7, 11) is 1.97. The molecular formula is C25H30N4O3. The Bertz CT molecular complexity index is 1070. The lowest BCUT2D eigenvalue weighted by molar-refractivity contribution is -0.125. The zero-order valence-electron chi connectivity index (χ0n) is 18.5. The Morgan fingerprint density at radius 3 is 2.66 bits per heavy atom. The predicted octanol–water partition coefficient (Wildman–Crippen LogP) is 3.83. The lowest BCUT2D eigenvalue weighted by Crippen LogP contribution is -2.33. The van der Waals surface area contributed by atoms with Crippen molar-refractivity contribution >= 4 is 28.5 Å². The van der Waals surface area contributed by atoms with Crippen LogP contribution < -0.4 is 15.4 Å². The summed E-state index contributed by atoms with van der Waals surface area (Å²) < 4.78 is 7.53. The van der Waals surface area contributed by atoms with E-state index in [9.17, 15) is 9.59 Å². The SMILES string of the molecule is Cn1c(CCNC(=O)C2CCCCC2)nc2cc(NC(=O)COc3ccccc3)ccc21. The second kappa shape index (κ2) is 10.3. The van der Waals surface area contributed by atoms with Crippen LogP contribution in [0.2, 0.25) is 0 Å². The molecule has 1 fully saturated rings. The maximum absolute atomic E-state index is 12.3. The Morgan fingerprint density at radius 2 is 1.88 bits per heavy atom. The molecule has 1 heterocycles. The Balaban J connectivity index is 1.32. The Morgan fingerprint density at radius 1 is 1.09 bits per heavy atom. The molecule has 1 aromatic heterocycles. The Labute approximate surface area is 188 Å². The van der Waals surface area contributed by atoms with Crippen LogP contribution in [0.4, 0.5) is 5.69 Å². The van der Waals surface area contributed by atoms with E-state index in [-0.39, 0.29) is 24.3 Å². The number of rotatable bonds is 8. The molecule has 2 amide bonds. The van der Waals surface area contributed by atoms with Gasteiger partial charge in [0, 0.05) is 31.6 Å². The molecule has 168 valence electrons. The van der Waals surface area contributed by atoms with Crippen LogP contribution in [0.1, 0.15) is 37.9 Å². The number of amides is 2. The average molecular weight is 435 g/mol.